The van der Waals surface area contributed by atoms with Crippen molar-refractivity contribution in [3.8, 4) is 72.8 Å². The minimum absolute atomic E-state index is 0.0210. The molecule has 2 heterocycles. The summed E-state index contributed by atoms with van der Waals surface area (Å²) in [7, 11) is 0. The molecule has 0 N–H and O–H groups in total. The van der Waals surface area contributed by atoms with Crippen LogP contribution in [0, 0.1) is 0 Å². The van der Waals surface area contributed by atoms with Crippen LogP contribution in [-0.4, -0.2) is 14.5 Å². The summed E-state index contributed by atoms with van der Waals surface area (Å²) in [5.41, 5.74) is 19.3. The number of allylic oxidation sites excluding steroid dienone is 4. The molecule has 3 nitrogen and oxygen atoms in total. The van der Waals surface area contributed by atoms with E-state index in [2.05, 4.69) is 241 Å². The molecule has 0 radical (unpaired) electrons. The fraction of sp³-hybridized carbons (Fsp3) is 0.121. The standard InChI is InChI=1S/C66H57N3/c1-9-20-44(10-2)59-43-60(49-25-18-13-19-26-49)68-64(67-59)52-41-55(47-27-33-53(34-28-47)65(3,4)5)63(56(42-52)48-29-35-54(36-30-48)66(6,7)8)69-61-37-31-50(45-21-14-11-15-22-45)39-57(61)58-40-51(32-38-62(58)69)46-23-16-12-17-24-46/h9-43H,1-2H2,3-8H3/b44-20+. The van der Waals surface area contributed by atoms with Crippen LogP contribution in [0.3, 0.4) is 0 Å². The Morgan fingerprint density at radius 2 is 0.870 bits per heavy atom. The lowest BCUT2D eigenvalue weighted by Gasteiger charge is -2.23. The molecule has 336 valence electrons. The van der Waals surface area contributed by atoms with Crippen molar-refractivity contribution in [3.63, 3.8) is 0 Å². The molecule has 0 saturated carbocycles. The summed E-state index contributed by atoms with van der Waals surface area (Å²) in [6.07, 6.45) is 5.58. The first-order valence-electron chi connectivity index (χ1n) is 23.9. The van der Waals surface area contributed by atoms with Crippen molar-refractivity contribution in [2.75, 3.05) is 0 Å². The first kappa shape index (κ1) is 44.7. The van der Waals surface area contributed by atoms with Gasteiger partial charge in [0, 0.05) is 33.0 Å². The summed E-state index contributed by atoms with van der Waals surface area (Å²) < 4.78 is 2.51. The highest BCUT2D eigenvalue weighted by Gasteiger charge is 2.25. The Bertz CT molecular complexity index is 3370. The van der Waals surface area contributed by atoms with E-state index in [4.69, 9.17) is 9.97 Å². The summed E-state index contributed by atoms with van der Waals surface area (Å²) in [6, 6.07) is 70.6. The SMILES string of the molecule is C=C/C=C(\C=C)c1cc(-c2ccccc2)nc(-c2cc(-c3ccc(C(C)(C)C)cc3)c(-n3c4ccc(-c5ccccc5)cc4c4cc(-c5ccccc5)ccc43)c(-c3ccc(C(C)(C)C)cc3)c2)n1. The largest absolute Gasteiger partial charge is 0.308 e. The first-order valence-corrected chi connectivity index (χ1v) is 23.9. The molecule has 0 atom stereocenters. The van der Waals surface area contributed by atoms with Gasteiger partial charge in [0.2, 0.25) is 0 Å². The predicted molar refractivity (Wildman–Crippen MR) is 295 cm³/mol. The van der Waals surface area contributed by atoms with Crippen molar-refractivity contribution in [2.24, 2.45) is 0 Å². The van der Waals surface area contributed by atoms with Gasteiger partial charge in [0.25, 0.3) is 0 Å². The van der Waals surface area contributed by atoms with E-state index in [1.54, 1.807) is 6.08 Å². The van der Waals surface area contributed by atoms with Crippen LogP contribution >= 0.6 is 0 Å². The monoisotopic (exact) mass is 891 g/mol. The molecule has 3 heteroatoms. The van der Waals surface area contributed by atoms with Gasteiger partial charge in [-0.15, -0.1) is 0 Å². The van der Waals surface area contributed by atoms with E-state index >= 15 is 0 Å². The molecule has 0 amide bonds. The Kier molecular flexibility index (Phi) is 11.8. The highest BCUT2D eigenvalue weighted by Crippen LogP contribution is 2.46. The van der Waals surface area contributed by atoms with Crippen LogP contribution in [0.15, 0.2) is 226 Å². The normalized spacial score (nSPS) is 12.1. The molecule has 10 rings (SSSR count). The van der Waals surface area contributed by atoms with Gasteiger partial charge in [0.1, 0.15) is 0 Å². The van der Waals surface area contributed by atoms with Gasteiger partial charge in [-0.1, -0.05) is 225 Å². The molecule has 0 fully saturated rings. The molecule has 10 aromatic rings. The third-order valence-corrected chi connectivity index (χ3v) is 13.3. The lowest BCUT2D eigenvalue weighted by molar-refractivity contribution is 0.590. The van der Waals surface area contributed by atoms with Crippen molar-refractivity contribution in [2.45, 2.75) is 52.4 Å². The van der Waals surface area contributed by atoms with E-state index < -0.39 is 0 Å². The lowest BCUT2D eigenvalue weighted by Crippen LogP contribution is -2.11. The van der Waals surface area contributed by atoms with Crippen LogP contribution in [0.4, 0.5) is 0 Å². The minimum atomic E-state index is -0.0210. The van der Waals surface area contributed by atoms with Gasteiger partial charge in [-0.05, 0) is 103 Å². The molecule has 8 aromatic carbocycles. The van der Waals surface area contributed by atoms with Crippen LogP contribution in [0.25, 0.3) is 100 Å². The molecule has 0 bridgehead atoms. The summed E-state index contributed by atoms with van der Waals surface area (Å²) in [5, 5.41) is 2.37. The van der Waals surface area contributed by atoms with Gasteiger partial charge >= 0.3 is 0 Å². The average molecular weight is 892 g/mol. The quantitative estimate of drug-likeness (QED) is 0.128. The van der Waals surface area contributed by atoms with Crippen LogP contribution < -0.4 is 0 Å². The van der Waals surface area contributed by atoms with E-state index in [1.165, 1.54) is 44.2 Å². The maximum atomic E-state index is 5.38. The van der Waals surface area contributed by atoms with Crippen molar-refractivity contribution >= 4 is 27.4 Å². The van der Waals surface area contributed by atoms with Crippen LogP contribution in [0.2, 0.25) is 0 Å². The predicted octanol–water partition coefficient (Wildman–Crippen LogP) is 17.9. The third-order valence-electron chi connectivity index (χ3n) is 13.3. The van der Waals surface area contributed by atoms with Gasteiger partial charge in [-0.3, -0.25) is 0 Å². The Morgan fingerprint density at radius 1 is 0.435 bits per heavy atom. The molecule has 0 spiro atoms. The Balaban J connectivity index is 1.34. The summed E-state index contributed by atoms with van der Waals surface area (Å²) in [4.78, 5) is 10.7. The number of hydrogen-bond donors (Lipinski definition) is 0. The van der Waals surface area contributed by atoms with E-state index in [0.29, 0.717) is 5.82 Å². The second-order valence-corrected chi connectivity index (χ2v) is 20.0. The molecule has 69 heavy (non-hydrogen) atoms. The number of nitrogens with zero attached hydrogens (tertiary/aromatic N) is 3. The molecule has 0 aliphatic rings. The maximum Gasteiger partial charge on any atom is 0.160 e. The minimum Gasteiger partial charge on any atom is -0.308 e. The maximum absolute atomic E-state index is 5.38. The van der Waals surface area contributed by atoms with E-state index in [9.17, 15) is 0 Å². The zero-order chi connectivity index (χ0) is 47.9. The summed E-state index contributed by atoms with van der Waals surface area (Å²) >= 11 is 0. The fourth-order valence-corrected chi connectivity index (χ4v) is 9.49. The van der Waals surface area contributed by atoms with Crippen molar-refractivity contribution in [1.82, 2.24) is 14.5 Å². The number of benzene rings is 8. The molecular formula is C66H57N3. The number of fused-ring (bicyclic) bond motifs is 3. The van der Waals surface area contributed by atoms with Gasteiger partial charge in [0.05, 0.1) is 28.1 Å². The van der Waals surface area contributed by atoms with Crippen LogP contribution in [0.5, 0.6) is 0 Å². The van der Waals surface area contributed by atoms with Crippen molar-refractivity contribution in [3.05, 3.63) is 242 Å². The Morgan fingerprint density at radius 3 is 1.29 bits per heavy atom. The zero-order valence-corrected chi connectivity index (χ0v) is 40.5. The van der Waals surface area contributed by atoms with Crippen LogP contribution in [-0.2, 0) is 10.8 Å². The Labute approximate surface area is 407 Å². The van der Waals surface area contributed by atoms with Crippen molar-refractivity contribution < 1.29 is 0 Å². The highest BCUT2D eigenvalue weighted by atomic mass is 15.0. The fourth-order valence-electron chi connectivity index (χ4n) is 9.49. The topological polar surface area (TPSA) is 30.7 Å². The smallest absolute Gasteiger partial charge is 0.160 e. The molecule has 0 unspecified atom stereocenters. The van der Waals surface area contributed by atoms with Crippen LogP contribution in [0.1, 0.15) is 58.4 Å². The van der Waals surface area contributed by atoms with Gasteiger partial charge in [-0.25, -0.2) is 9.97 Å². The van der Waals surface area contributed by atoms with Crippen molar-refractivity contribution in [1.29, 1.82) is 0 Å². The van der Waals surface area contributed by atoms with E-state index in [-0.39, 0.29) is 10.8 Å². The highest BCUT2D eigenvalue weighted by molar-refractivity contribution is 6.13. The second kappa shape index (κ2) is 18.2. The summed E-state index contributed by atoms with van der Waals surface area (Å²) in [5.74, 6) is 0.622. The molecule has 0 saturated heterocycles. The third kappa shape index (κ3) is 8.81. The van der Waals surface area contributed by atoms with Gasteiger partial charge in [0.15, 0.2) is 5.82 Å². The van der Waals surface area contributed by atoms with E-state index in [1.807, 2.05) is 24.3 Å². The zero-order valence-electron chi connectivity index (χ0n) is 40.5. The average Bonchev–Trinajstić information content (AvgIpc) is 3.70. The number of hydrogen-bond acceptors (Lipinski definition) is 2. The molecule has 0 aliphatic carbocycles. The summed E-state index contributed by atoms with van der Waals surface area (Å²) in [6.45, 7) is 21.8. The number of aromatic nitrogens is 3. The van der Waals surface area contributed by atoms with E-state index in [0.717, 1.165) is 67.1 Å². The van der Waals surface area contributed by atoms with Gasteiger partial charge in [-0.2, -0.15) is 0 Å². The first-order chi connectivity index (χ1) is 33.4. The molecule has 2 aromatic heterocycles. The number of rotatable bonds is 10. The second-order valence-electron chi connectivity index (χ2n) is 20.0. The van der Waals surface area contributed by atoms with Gasteiger partial charge < -0.3 is 4.57 Å². The molecule has 0 aliphatic heterocycles. The Hall–Kier alpha value is -8.14. The molecular weight excluding hydrogens is 835 g/mol. The lowest BCUT2D eigenvalue weighted by atomic mass is 9.84.